The summed E-state index contributed by atoms with van der Waals surface area (Å²) in [7, 11) is -11.9. The van der Waals surface area contributed by atoms with E-state index in [1.807, 2.05) is 75.4 Å². The van der Waals surface area contributed by atoms with Crippen molar-refractivity contribution in [2.75, 3.05) is 39.3 Å². The van der Waals surface area contributed by atoms with E-state index < -0.39 is 118 Å². The van der Waals surface area contributed by atoms with Crippen molar-refractivity contribution < 1.29 is 81.7 Å². The maximum Gasteiger partial charge on any atom is 0.287 e. The van der Waals surface area contributed by atoms with E-state index in [1.54, 1.807) is 72.8 Å². The van der Waals surface area contributed by atoms with Crippen molar-refractivity contribution in [1.82, 2.24) is 59.8 Å². The van der Waals surface area contributed by atoms with Gasteiger partial charge in [0.25, 0.3) is 47.8 Å². The second-order valence-corrected chi connectivity index (χ2v) is 37.0. The minimum Gasteiger partial charge on any atom is -0.451 e. The van der Waals surface area contributed by atoms with Gasteiger partial charge >= 0.3 is 0 Å². The van der Waals surface area contributed by atoms with Crippen LogP contribution >= 0.6 is 0 Å². The number of hydrogen-bond acceptors (Lipinski definition) is 21. The molecule has 6 amide bonds. The number of furan rings is 3. The van der Waals surface area contributed by atoms with Crippen LogP contribution in [0.1, 0.15) is 168 Å². The first-order valence-corrected chi connectivity index (χ1v) is 44.1. The van der Waals surface area contributed by atoms with Crippen molar-refractivity contribution in [3.05, 3.63) is 181 Å². The molecular weight excluding hydrogens is 1560 g/mol. The van der Waals surface area contributed by atoms with Crippen LogP contribution in [0.25, 0.3) is 32.9 Å². The predicted molar refractivity (Wildman–Crippen MR) is 430 cm³/mol. The highest BCUT2D eigenvalue weighted by Gasteiger charge is 2.49. The molecule has 3 saturated heterocycles. The van der Waals surface area contributed by atoms with Crippen molar-refractivity contribution in [2.24, 2.45) is 17.8 Å². The van der Waals surface area contributed by atoms with E-state index >= 15 is 0 Å². The SMILES string of the molecule is C[C@@H]1CCN(S(=O)(=O)c2ccccn2)CC(=O)[C@@H]1NC(=O)C1(NC(=O)c2cc3ccccc3o2)CCCCC1.C[C@@H]1CCN(S(=O)(=O)c2ccccn2)CC(=O)[C@H]1NC(=O)C1(NC(=O)c2cc3ccccc3o2)CCCCC1.C[C@H]1CCN(S(=O)(=O)c2ccccn2)CC(=O)[C@@H]1NC(=O)C1(NC(=O)c2cc3ccccc3o2)CCCCC1. The van der Waals surface area contributed by atoms with Crippen LogP contribution in [-0.4, -0.2) is 180 Å². The van der Waals surface area contributed by atoms with Gasteiger partial charge in [0.2, 0.25) is 17.7 Å². The molecule has 0 bridgehead atoms. The number of benzene rings is 3. The number of amides is 6. The van der Waals surface area contributed by atoms with Crippen molar-refractivity contribution in [3.63, 3.8) is 0 Å². The van der Waals surface area contributed by atoms with E-state index in [4.69, 9.17) is 13.3 Å². The monoisotopic (exact) mass is 1660 g/mol. The van der Waals surface area contributed by atoms with E-state index in [-0.39, 0.29) is 89.4 Å². The third-order valence-corrected chi connectivity index (χ3v) is 28.5. The summed E-state index contributed by atoms with van der Waals surface area (Å²) in [6, 6.07) is 37.9. The average Bonchev–Trinajstić information content (AvgIpc) is 1.76. The molecule has 9 aromatic rings. The predicted octanol–water partition coefficient (Wildman–Crippen LogP) is 9.14. The average molecular weight is 1660 g/mol. The minimum atomic E-state index is -3.96. The largest absolute Gasteiger partial charge is 0.451 e. The molecule has 15 rings (SSSR count). The van der Waals surface area contributed by atoms with Gasteiger partial charge in [0.05, 0.1) is 37.8 Å². The number of pyridine rings is 3. The van der Waals surface area contributed by atoms with E-state index in [0.717, 1.165) is 86.9 Å². The number of ketones is 3. The van der Waals surface area contributed by atoms with Crippen LogP contribution in [0.2, 0.25) is 0 Å². The lowest BCUT2D eigenvalue weighted by atomic mass is 9.80. The third-order valence-electron chi connectivity index (χ3n) is 23.3. The molecule has 0 unspecified atom stereocenters. The Bertz CT molecular complexity index is 4880. The highest BCUT2D eigenvalue weighted by Crippen LogP contribution is 2.36. The molecule has 0 radical (unpaired) electrons. The zero-order valence-electron chi connectivity index (χ0n) is 65.3. The van der Waals surface area contributed by atoms with Crippen molar-refractivity contribution >= 4 is 116 Å². The zero-order chi connectivity index (χ0) is 82.9. The molecule has 117 heavy (non-hydrogen) atoms. The molecule has 6 aromatic heterocycles. The van der Waals surface area contributed by atoms with E-state index in [2.05, 4.69) is 46.9 Å². The summed E-state index contributed by atoms with van der Waals surface area (Å²) < 4.78 is 99.2. The van der Waals surface area contributed by atoms with Gasteiger partial charge in [-0.2, -0.15) is 12.9 Å². The lowest BCUT2D eigenvalue weighted by Crippen LogP contribution is -2.62. The number of aromatic nitrogens is 3. The standard InChI is InChI=1S/3C28H32N4O6S/c3*1-19-12-16-32(39(36,37)24-11-5-8-15-29-24)18-21(33)25(19)30-27(35)28(13-6-2-7-14-28)31-26(34)23-17-20-9-3-4-10-22(20)38-23/h3*3-5,8-11,15,17,19,25H,2,6-7,12-14,16,18H2,1H3,(H,30,35)(H,31,34)/t2*19-,25+;19-,25-/m101/s1. The molecule has 3 saturated carbocycles. The molecular formula is C84H96N12O18S3. The van der Waals surface area contributed by atoms with Crippen LogP contribution < -0.4 is 31.9 Å². The molecule has 0 spiro atoms. The normalized spacial score (nSPS) is 22.2. The van der Waals surface area contributed by atoms with E-state index in [1.165, 1.54) is 36.8 Å². The van der Waals surface area contributed by atoms with Gasteiger partial charge in [-0.15, -0.1) is 0 Å². The Morgan fingerprint density at radius 3 is 0.846 bits per heavy atom. The minimum absolute atomic E-state index is 0.114. The van der Waals surface area contributed by atoms with Gasteiger partial charge in [-0.05, 0) is 148 Å². The van der Waals surface area contributed by atoms with Crippen molar-refractivity contribution in [2.45, 2.75) is 186 Å². The smallest absolute Gasteiger partial charge is 0.287 e. The Labute approximate surface area is 678 Å². The van der Waals surface area contributed by atoms with Crippen LogP contribution in [0.15, 0.2) is 193 Å². The van der Waals surface area contributed by atoms with Gasteiger partial charge in [0, 0.05) is 54.4 Å². The van der Waals surface area contributed by atoms with Crippen molar-refractivity contribution in [3.8, 4) is 0 Å². The fourth-order valence-electron chi connectivity index (χ4n) is 16.4. The fourth-order valence-corrected chi connectivity index (χ4v) is 20.4. The molecule has 3 aliphatic heterocycles. The number of nitrogens with one attached hydrogen (secondary N) is 6. The molecule has 6 aliphatic rings. The molecule has 9 heterocycles. The number of Topliss-reactive ketones (excluding diaryl/α,β-unsaturated/α-hetero) is 3. The summed E-state index contributed by atoms with van der Waals surface area (Å²) in [5.41, 5.74) is -1.85. The van der Waals surface area contributed by atoms with Gasteiger partial charge < -0.3 is 45.2 Å². The highest BCUT2D eigenvalue weighted by atomic mass is 32.2. The molecule has 33 heteroatoms. The second kappa shape index (κ2) is 36.0. The number of fused-ring (bicyclic) bond motifs is 3. The van der Waals surface area contributed by atoms with Gasteiger partial charge in [-0.25, -0.2) is 40.2 Å². The van der Waals surface area contributed by atoms with Crippen molar-refractivity contribution in [1.29, 1.82) is 0 Å². The number of rotatable bonds is 18. The first-order chi connectivity index (χ1) is 56.1. The number of para-hydroxylation sites is 3. The number of carbonyl (C=O) groups excluding carboxylic acids is 9. The Hall–Kier alpha value is -10.7. The van der Waals surface area contributed by atoms with Gasteiger partial charge in [0.15, 0.2) is 49.7 Å². The van der Waals surface area contributed by atoms with Crippen LogP contribution in [0.4, 0.5) is 0 Å². The summed E-state index contributed by atoms with van der Waals surface area (Å²) in [5.74, 6) is -4.55. The summed E-state index contributed by atoms with van der Waals surface area (Å²) in [6.45, 7) is 4.75. The van der Waals surface area contributed by atoms with E-state index in [9.17, 15) is 68.4 Å². The molecule has 6 N–H and O–H groups in total. The lowest BCUT2D eigenvalue weighted by molar-refractivity contribution is -0.133. The summed E-state index contributed by atoms with van der Waals surface area (Å²) >= 11 is 0. The third kappa shape index (κ3) is 18.8. The molecule has 3 aromatic carbocycles. The maximum absolute atomic E-state index is 13.8. The topological polar surface area (TPSA) is 416 Å². The fraction of sp³-hybridized carbons (Fsp3) is 0.429. The summed E-state index contributed by atoms with van der Waals surface area (Å²) in [4.78, 5) is 133. The zero-order valence-corrected chi connectivity index (χ0v) is 67.7. The molecule has 6 fully saturated rings. The Kier molecular flexibility index (Phi) is 25.9. The number of hydrogen-bond donors (Lipinski definition) is 6. The number of nitrogens with zero attached hydrogens (tertiary/aromatic N) is 6. The highest BCUT2D eigenvalue weighted by molar-refractivity contribution is 7.89. The molecule has 3 aliphatic carbocycles. The molecule has 6 atom stereocenters. The molecule has 618 valence electrons. The van der Waals surface area contributed by atoms with Crippen LogP contribution in [0.3, 0.4) is 0 Å². The van der Waals surface area contributed by atoms with Gasteiger partial charge in [-0.1, -0.05) is 151 Å². The van der Waals surface area contributed by atoms with E-state index in [0.29, 0.717) is 74.5 Å². The molecule has 30 nitrogen and oxygen atoms in total. The first-order valence-electron chi connectivity index (χ1n) is 39.8. The number of sulfonamides is 3. The van der Waals surface area contributed by atoms with Crippen LogP contribution in [0.5, 0.6) is 0 Å². The summed E-state index contributed by atoms with van der Waals surface area (Å²) in [6.07, 6.45) is 15.2. The second-order valence-electron chi connectivity index (χ2n) is 31.3. The summed E-state index contributed by atoms with van der Waals surface area (Å²) in [5, 5.41) is 19.5. The van der Waals surface area contributed by atoms with Gasteiger partial charge in [-0.3, -0.25) is 43.2 Å². The first kappa shape index (κ1) is 84.2. The lowest BCUT2D eigenvalue weighted by Gasteiger charge is -2.38. The quantitative estimate of drug-likeness (QED) is 0.0466. The van der Waals surface area contributed by atoms with Gasteiger partial charge in [0.1, 0.15) is 33.4 Å². The Balaban J connectivity index is 0.000000152. The van der Waals surface area contributed by atoms with Crippen LogP contribution in [0, 0.1) is 17.8 Å². The Morgan fingerprint density at radius 1 is 0.359 bits per heavy atom. The number of carbonyl (C=O) groups is 9. The maximum atomic E-state index is 13.8. The Morgan fingerprint density at radius 2 is 0.607 bits per heavy atom. The van der Waals surface area contributed by atoms with Crippen LogP contribution in [-0.2, 0) is 58.8 Å².